The summed E-state index contributed by atoms with van der Waals surface area (Å²) in [7, 11) is 2.93. The van der Waals surface area contributed by atoms with Crippen molar-refractivity contribution in [3.8, 4) is 5.75 Å². The summed E-state index contributed by atoms with van der Waals surface area (Å²) in [5.41, 5.74) is 1.67. The van der Waals surface area contributed by atoms with E-state index in [4.69, 9.17) is 9.47 Å². The Balaban J connectivity index is 2.00. The fraction of sp³-hybridized carbons (Fsp3) is 0.250. The number of benzene rings is 2. The van der Waals surface area contributed by atoms with E-state index in [0.29, 0.717) is 10.6 Å². The summed E-state index contributed by atoms with van der Waals surface area (Å²) >= 11 is 3.01. The number of methoxy groups -OCH3 is 2. The minimum atomic E-state index is -0.393. The van der Waals surface area contributed by atoms with Gasteiger partial charge in [-0.25, -0.2) is 0 Å². The molecule has 0 saturated carbocycles. The van der Waals surface area contributed by atoms with Gasteiger partial charge in [0, 0.05) is 4.90 Å². The predicted molar refractivity (Wildman–Crippen MR) is 111 cm³/mol. The van der Waals surface area contributed by atoms with E-state index in [1.165, 1.54) is 18.4 Å². The number of thiazole rings is 1. The highest BCUT2D eigenvalue weighted by Gasteiger charge is 2.13. The third kappa shape index (κ3) is 4.63. The lowest BCUT2D eigenvalue weighted by Crippen LogP contribution is -2.22. The highest BCUT2D eigenvalue weighted by Crippen LogP contribution is 2.24. The van der Waals surface area contributed by atoms with Gasteiger partial charge in [-0.2, -0.15) is 4.99 Å². The number of nitrogens with zero attached hydrogens (tertiary/aromatic N) is 2. The van der Waals surface area contributed by atoms with Crippen LogP contribution >= 0.6 is 23.1 Å². The largest absolute Gasteiger partial charge is 0.497 e. The van der Waals surface area contributed by atoms with Gasteiger partial charge in [-0.05, 0) is 42.2 Å². The molecule has 0 bridgehead atoms. The molecule has 0 aliphatic rings. The van der Waals surface area contributed by atoms with Crippen molar-refractivity contribution in [3.05, 3.63) is 52.8 Å². The van der Waals surface area contributed by atoms with Crippen LogP contribution < -0.4 is 9.54 Å². The normalized spacial score (nSPS) is 11.6. The van der Waals surface area contributed by atoms with Crippen LogP contribution in [0.5, 0.6) is 5.75 Å². The standard InChI is InChI=1S/C20H20N2O4S2/c1-25-14-6-4-5-13(9-14)10-18(23)21-20-22(12-19(24)26-2)16-8-7-15(27-3)11-17(16)28-20/h4-9,11H,10,12H2,1-3H3. The molecular weight excluding hydrogens is 396 g/mol. The van der Waals surface area contributed by atoms with E-state index in [0.717, 1.165) is 20.7 Å². The van der Waals surface area contributed by atoms with E-state index >= 15 is 0 Å². The Kier molecular flexibility index (Phi) is 6.53. The minimum absolute atomic E-state index is 0.000385. The van der Waals surface area contributed by atoms with Crippen molar-refractivity contribution in [3.63, 3.8) is 0 Å². The lowest BCUT2D eigenvalue weighted by atomic mass is 10.1. The Morgan fingerprint density at radius 3 is 2.71 bits per heavy atom. The SMILES string of the molecule is COC(=O)Cn1c(=NC(=O)Cc2cccc(OC)c2)sc2cc(SC)ccc21. The molecule has 0 spiro atoms. The summed E-state index contributed by atoms with van der Waals surface area (Å²) < 4.78 is 12.7. The van der Waals surface area contributed by atoms with E-state index in [2.05, 4.69) is 4.99 Å². The molecule has 3 rings (SSSR count). The Bertz CT molecular complexity index is 1090. The first-order valence-corrected chi connectivity index (χ1v) is 10.5. The highest BCUT2D eigenvalue weighted by atomic mass is 32.2. The van der Waals surface area contributed by atoms with Crippen LogP contribution in [0.2, 0.25) is 0 Å². The number of rotatable bonds is 6. The summed E-state index contributed by atoms with van der Waals surface area (Å²) in [4.78, 5) is 30.3. The van der Waals surface area contributed by atoms with Crippen molar-refractivity contribution in [2.75, 3.05) is 20.5 Å². The van der Waals surface area contributed by atoms with Crippen LogP contribution in [0.4, 0.5) is 0 Å². The second-order valence-corrected chi connectivity index (χ2v) is 7.80. The fourth-order valence-corrected chi connectivity index (χ4v) is 4.32. The number of thioether (sulfide) groups is 1. The molecule has 0 unspecified atom stereocenters. The van der Waals surface area contributed by atoms with Gasteiger partial charge in [0.25, 0.3) is 5.91 Å². The number of hydrogen-bond donors (Lipinski definition) is 0. The molecule has 1 heterocycles. The summed E-state index contributed by atoms with van der Waals surface area (Å²) in [5, 5.41) is 0. The molecule has 2 aromatic carbocycles. The van der Waals surface area contributed by atoms with Crippen LogP contribution in [0.3, 0.4) is 0 Å². The molecule has 0 aliphatic carbocycles. The van der Waals surface area contributed by atoms with Gasteiger partial charge in [-0.3, -0.25) is 9.59 Å². The second-order valence-electron chi connectivity index (χ2n) is 5.91. The van der Waals surface area contributed by atoms with Crippen LogP contribution in [-0.2, 0) is 27.3 Å². The topological polar surface area (TPSA) is 69.9 Å². The smallest absolute Gasteiger partial charge is 0.325 e. The lowest BCUT2D eigenvalue weighted by Gasteiger charge is -2.04. The van der Waals surface area contributed by atoms with Gasteiger partial charge >= 0.3 is 5.97 Å². The van der Waals surface area contributed by atoms with Crippen LogP contribution in [0.15, 0.2) is 52.4 Å². The fourth-order valence-electron chi connectivity index (χ4n) is 2.72. The molecule has 0 saturated heterocycles. The molecule has 0 atom stereocenters. The average Bonchev–Trinajstić information content (AvgIpc) is 3.03. The number of carbonyl (C=O) groups excluding carboxylic acids is 2. The molecule has 28 heavy (non-hydrogen) atoms. The van der Waals surface area contributed by atoms with Crippen LogP contribution in [0.1, 0.15) is 5.56 Å². The zero-order valence-electron chi connectivity index (χ0n) is 15.8. The van der Waals surface area contributed by atoms with Crippen LogP contribution in [0.25, 0.3) is 10.2 Å². The van der Waals surface area contributed by atoms with Gasteiger partial charge in [0.2, 0.25) is 0 Å². The number of aromatic nitrogens is 1. The molecule has 146 valence electrons. The third-order valence-electron chi connectivity index (χ3n) is 4.11. The minimum Gasteiger partial charge on any atom is -0.497 e. The van der Waals surface area contributed by atoms with E-state index in [-0.39, 0.29) is 18.9 Å². The Morgan fingerprint density at radius 1 is 1.18 bits per heavy atom. The first-order valence-electron chi connectivity index (χ1n) is 8.48. The number of ether oxygens (including phenoxy) is 2. The highest BCUT2D eigenvalue weighted by molar-refractivity contribution is 7.98. The molecule has 0 aliphatic heterocycles. The Morgan fingerprint density at radius 2 is 2.00 bits per heavy atom. The molecule has 0 fully saturated rings. The van der Waals surface area contributed by atoms with Gasteiger partial charge in [-0.1, -0.05) is 23.5 Å². The molecule has 0 N–H and O–H groups in total. The molecular formula is C20H20N2O4S2. The van der Waals surface area contributed by atoms with Crippen LogP contribution in [-0.4, -0.2) is 36.9 Å². The monoisotopic (exact) mass is 416 g/mol. The number of esters is 1. The molecule has 8 heteroatoms. The number of amides is 1. The van der Waals surface area contributed by atoms with Gasteiger partial charge in [0.15, 0.2) is 4.80 Å². The van der Waals surface area contributed by atoms with Crippen molar-refractivity contribution in [1.29, 1.82) is 0 Å². The summed E-state index contributed by atoms with van der Waals surface area (Å²) in [6, 6.07) is 13.3. The summed E-state index contributed by atoms with van der Waals surface area (Å²) in [6.45, 7) is 0.000385. The van der Waals surface area contributed by atoms with E-state index in [1.54, 1.807) is 23.4 Å². The van der Waals surface area contributed by atoms with E-state index in [9.17, 15) is 9.59 Å². The summed E-state index contributed by atoms with van der Waals surface area (Å²) in [6.07, 6.45) is 2.15. The molecule has 3 aromatic rings. The van der Waals surface area contributed by atoms with Gasteiger partial charge in [-0.15, -0.1) is 11.8 Å². The quantitative estimate of drug-likeness (QED) is 0.456. The number of hydrogen-bond acceptors (Lipinski definition) is 6. The van der Waals surface area contributed by atoms with Crippen molar-refractivity contribution in [1.82, 2.24) is 4.57 Å². The zero-order chi connectivity index (χ0) is 20.1. The maximum Gasteiger partial charge on any atom is 0.325 e. The lowest BCUT2D eigenvalue weighted by molar-refractivity contribution is -0.141. The van der Waals surface area contributed by atoms with Gasteiger partial charge < -0.3 is 14.0 Å². The van der Waals surface area contributed by atoms with Gasteiger partial charge in [0.05, 0.1) is 30.9 Å². The average molecular weight is 417 g/mol. The Labute approximate surface area is 170 Å². The molecule has 1 aromatic heterocycles. The summed E-state index contributed by atoms with van der Waals surface area (Å²) in [5.74, 6) is 0.0105. The third-order valence-corrected chi connectivity index (χ3v) is 5.88. The maximum atomic E-state index is 12.6. The van der Waals surface area contributed by atoms with Gasteiger partial charge in [0.1, 0.15) is 12.3 Å². The van der Waals surface area contributed by atoms with Crippen molar-refractivity contribution in [2.45, 2.75) is 17.9 Å². The van der Waals surface area contributed by atoms with Crippen molar-refractivity contribution >= 4 is 45.2 Å². The zero-order valence-corrected chi connectivity index (χ0v) is 17.4. The molecule has 0 radical (unpaired) electrons. The number of carbonyl (C=O) groups is 2. The van der Waals surface area contributed by atoms with E-state index < -0.39 is 5.97 Å². The molecule has 1 amide bonds. The Hall–Kier alpha value is -2.58. The van der Waals surface area contributed by atoms with Crippen molar-refractivity contribution < 1.29 is 19.1 Å². The van der Waals surface area contributed by atoms with E-state index in [1.807, 2.05) is 48.7 Å². The first-order chi connectivity index (χ1) is 13.5. The number of fused-ring (bicyclic) bond motifs is 1. The van der Waals surface area contributed by atoms with Crippen molar-refractivity contribution in [2.24, 2.45) is 4.99 Å². The predicted octanol–water partition coefficient (Wildman–Crippen LogP) is 3.28. The maximum absolute atomic E-state index is 12.6. The second kappa shape index (κ2) is 9.07. The van der Waals surface area contributed by atoms with Crippen LogP contribution in [0, 0.1) is 0 Å². The first kappa shape index (κ1) is 20.2. The molecule has 6 nitrogen and oxygen atoms in total.